The third kappa shape index (κ3) is 1.71. The summed E-state index contributed by atoms with van der Waals surface area (Å²) in [6, 6.07) is 1.80. The first-order valence-corrected chi connectivity index (χ1v) is 5.14. The molecule has 2 aliphatic rings. The second kappa shape index (κ2) is 3.80. The van der Waals surface area contributed by atoms with Crippen molar-refractivity contribution in [3.05, 3.63) is 0 Å². The molecule has 2 fully saturated rings. The van der Waals surface area contributed by atoms with Crippen LogP contribution in [0.5, 0.6) is 0 Å². The van der Waals surface area contributed by atoms with Crippen LogP contribution in [0.4, 0.5) is 0 Å². The first-order chi connectivity index (χ1) is 7.23. The number of amides is 1. The molecule has 15 heavy (non-hydrogen) atoms. The lowest BCUT2D eigenvalue weighted by atomic mass is 10.1. The van der Waals surface area contributed by atoms with Crippen molar-refractivity contribution in [2.45, 2.75) is 18.9 Å². The van der Waals surface area contributed by atoms with Gasteiger partial charge >= 0.3 is 0 Å². The lowest BCUT2D eigenvalue weighted by Crippen LogP contribution is -2.52. The maximum absolute atomic E-state index is 12.0. The maximum Gasteiger partial charge on any atom is 0.243 e. The van der Waals surface area contributed by atoms with Crippen molar-refractivity contribution < 1.29 is 14.6 Å². The molecule has 1 atom stereocenters. The predicted molar refractivity (Wildman–Crippen MR) is 50.7 cm³/mol. The van der Waals surface area contributed by atoms with Crippen molar-refractivity contribution in [1.82, 2.24) is 4.90 Å². The Kier molecular flexibility index (Phi) is 2.63. The van der Waals surface area contributed by atoms with Gasteiger partial charge in [0.15, 0.2) is 0 Å². The van der Waals surface area contributed by atoms with Crippen LogP contribution in [0.15, 0.2) is 0 Å². The summed E-state index contributed by atoms with van der Waals surface area (Å²) in [5, 5.41) is 18.0. The molecule has 1 aliphatic heterocycles. The van der Waals surface area contributed by atoms with Gasteiger partial charge in [0.05, 0.1) is 31.9 Å². The van der Waals surface area contributed by atoms with E-state index in [1.807, 2.05) is 0 Å². The summed E-state index contributed by atoms with van der Waals surface area (Å²) in [5.41, 5.74) is -0.787. The van der Waals surface area contributed by atoms with Crippen molar-refractivity contribution in [2.75, 3.05) is 26.4 Å². The van der Waals surface area contributed by atoms with E-state index in [1.165, 1.54) is 0 Å². The highest BCUT2D eigenvalue weighted by Crippen LogP contribution is 2.46. The Morgan fingerprint density at radius 2 is 2.40 bits per heavy atom. The smallest absolute Gasteiger partial charge is 0.243 e. The normalized spacial score (nSPS) is 28.3. The third-order valence-corrected chi connectivity index (χ3v) is 3.07. The van der Waals surface area contributed by atoms with Gasteiger partial charge in [0.1, 0.15) is 5.41 Å². The highest BCUT2D eigenvalue weighted by atomic mass is 16.5. The monoisotopic (exact) mass is 210 g/mol. The largest absolute Gasteiger partial charge is 0.394 e. The van der Waals surface area contributed by atoms with Crippen LogP contribution in [0.2, 0.25) is 0 Å². The van der Waals surface area contributed by atoms with Crippen LogP contribution in [-0.4, -0.2) is 48.3 Å². The fourth-order valence-electron chi connectivity index (χ4n) is 1.85. The number of nitrogens with zero attached hydrogens (tertiary/aromatic N) is 2. The highest BCUT2D eigenvalue weighted by Gasteiger charge is 2.53. The molecule has 0 spiro atoms. The summed E-state index contributed by atoms with van der Waals surface area (Å²) in [6.07, 6.45) is 1.30. The molecule has 1 saturated heterocycles. The first kappa shape index (κ1) is 10.4. The van der Waals surface area contributed by atoms with Gasteiger partial charge in [-0.1, -0.05) is 0 Å². The Balaban J connectivity index is 2.08. The Bertz CT molecular complexity index is 306. The quantitative estimate of drug-likeness (QED) is 0.667. The molecular formula is C10H14N2O3. The van der Waals surface area contributed by atoms with Gasteiger partial charge in [0.25, 0.3) is 0 Å². The standard InChI is InChI=1S/C10H14N2O3/c11-7-10(1-2-10)9(14)12-3-4-15-6-8(12)5-13/h8,13H,1-6H2. The zero-order valence-corrected chi connectivity index (χ0v) is 8.48. The van der Waals surface area contributed by atoms with Crippen LogP contribution in [-0.2, 0) is 9.53 Å². The van der Waals surface area contributed by atoms with Gasteiger partial charge in [-0.15, -0.1) is 0 Å². The van der Waals surface area contributed by atoms with Crippen LogP contribution in [0.3, 0.4) is 0 Å². The third-order valence-electron chi connectivity index (χ3n) is 3.07. The van der Waals surface area contributed by atoms with E-state index in [9.17, 15) is 4.79 Å². The van der Waals surface area contributed by atoms with Gasteiger partial charge in [-0.05, 0) is 12.8 Å². The van der Waals surface area contributed by atoms with Gasteiger partial charge in [-0.3, -0.25) is 4.79 Å². The summed E-state index contributed by atoms with van der Waals surface area (Å²) >= 11 is 0. The number of aliphatic hydroxyl groups is 1. The van der Waals surface area contributed by atoms with Crippen molar-refractivity contribution in [1.29, 1.82) is 5.26 Å². The van der Waals surface area contributed by atoms with E-state index in [2.05, 4.69) is 6.07 Å². The summed E-state index contributed by atoms with van der Waals surface area (Å²) in [6.45, 7) is 1.23. The van der Waals surface area contributed by atoms with E-state index in [1.54, 1.807) is 4.90 Å². The molecule has 5 heteroatoms. The lowest BCUT2D eigenvalue weighted by molar-refractivity contribution is -0.145. The van der Waals surface area contributed by atoms with E-state index in [0.717, 1.165) is 0 Å². The molecule has 82 valence electrons. The second-order valence-corrected chi connectivity index (χ2v) is 4.10. The van der Waals surface area contributed by atoms with E-state index < -0.39 is 5.41 Å². The van der Waals surface area contributed by atoms with Crippen LogP contribution < -0.4 is 0 Å². The van der Waals surface area contributed by atoms with E-state index in [4.69, 9.17) is 15.1 Å². The number of aliphatic hydroxyl groups excluding tert-OH is 1. The topological polar surface area (TPSA) is 73.6 Å². The Morgan fingerprint density at radius 1 is 1.67 bits per heavy atom. The molecule has 5 nitrogen and oxygen atoms in total. The Morgan fingerprint density at radius 3 is 2.93 bits per heavy atom. The highest BCUT2D eigenvalue weighted by molar-refractivity contribution is 5.88. The summed E-state index contributed by atoms with van der Waals surface area (Å²) in [4.78, 5) is 13.6. The average Bonchev–Trinajstić information content (AvgIpc) is 3.09. The second-order valence-electron chi connectivity index (χ2n) is 4.10. The van der Waals surface area contributed by atoms with Crippen molar-refractivity contribution in [3.63, 3.8) is 0 Å². The summed E-state index contributed by atoms with van der Waals surface area (Å²) in [5.74, 6) is -0.132. The molecule has 0 radical (unpaired) electrons. The lowest BCUT2D eigenvalue weighted by Gasteiger charge is -2.35. The van der Waals surface area contributed by atoms with Crippen molar-refractivity contribution in [2.24, 2.45) is 5.41 Å². The number of hydrogen-bond acceptors (Lipinski definition) is 4. The summed E-state index contributed by atoms with van der Waals surface area (Å²) in [7, 11) is 0. The molecule has 1 unspecified atom stereocenters. The minimum Gasteiger partial charge on any atom is -0.394 e. The number of rotatable bonds is 2. The van der Waals surface area contributed by atoms with Crippen molar-refractivity contribution in [3.8, 4) is 6.07 Å². The summed E-state index contributed by atoms with van der Waals surface area (Å²) < 4.78 is 5.18. The molecule has 1 amide bonds. The SMILES string of the molecule is N#CC1(C(=O)N2CCOCC2CO)CC1. The molecule has 1 heterocycles. The van der Waals surface area contributed by atoms with Gasteiger partial charge in [0, 0.05) is 6.54 Å². The van der Waals surface area contributed by atoms with E-state index in [-0.39, 0.29) is 18.6 Å². The predicted octanol–water partition coefficient (Wildman–Crippen LogP) is -0.490. The van der Waals surface area contributed by atoms with Crippen LogP contribution >= 0.6 is 0 Å². The number of carbonyl (C=O) groups is 1. The number of hydrogen-bond donors (Lipinski definition) is 1. The number of morpholine rings is 1. The van der Waals surface area contributed by atoms with Crippen LogP contribution in [0.1, 0.15) is 12.8 Å². The molecule has 1 aliphatic carbocycles. The maximum atomic E-state index is 12.0. The first-order valence-electron chi connectivity index (χ1n) is 5.14. The average molecular weight is 210 g/mol. The molecule has 1 N–H and O–H groups in total. The molecule has 0 bridgehead atoms. The fraction of sp³-hybridized carbons (Fsp3) is 0.800. The number of nitriles is 1. The zero-order valence-electron chi connectivity index (χ0n) is 8.48. The number of carbonyl (C=O) groups excluding carboxylic acids is 1. The van der Waals surface area contributed by atoms with Crippen molar-refractivity contribution >= 4 is 5.91 Å². The zero-order chi connectivity index (χ0) is 10.9. The molecule has 0 aromatic heterocycles. The van der Waals surface area contributed by atoms with Gasteiger partial charge in [-0.2, -0.15) is 5.26 Å². The fourth-order valence-corrected chi connectivity index (χ4v) is 1.85. The van der Waals surface area contributed by atoms with Crippen LogP contribution in [0, 0.1) is 16.7 Å². The Hall–Kier alpha value is -1.12. The Labute approximate surface area is 88.2 Å². The molecule has 0 aromatic carbocycles. The number of ether oxygens (including phenoxy) is 1. The molecule has 2 rings (SSSR count). The minimum atomic E-state index is -0.787. The van der Waals surface area contributed by atoms with Gasteiger partial charge < -0.3 is 14.7 Å². The molecule has 0 aromatic rings. The molecule has 1 saturated carbocycles. The molecular weight excluding hydrogens is 196 g/mol. The van der Waals surface area contributed by atoms with Gasteiger partial charge in [-0.25, -0.2) is 0 Å². The minimum absolute atomic E-state index is 0.104. The van der Waals surface area contributed by atoms with E-state index >= 15 is 0 Å². The van der Waals surface area contributed by atoms with E-state index in [0.29, 0.717) is 32.6 Å². The van der Waals surface area contributed by atoms with Crippen LogP contribution in [0.25, 0.3) is 0 Å². The van der Waals surface area contributed by atoms with Gasteiger partial charge in [0.2, 0.25) is 5.91 Å².